The first kappa shape index (κ1) is 20.4. The summed E-state index contributed by atoms with van der Waals surface area (Å²) < 4.78 is 0. The monoisotopic (exact) mass is 222 g/mol. The molecule has 1 aromatic carbocycles. The third kappa shape index (κ3) is 8.28. The molecule has 0 aliphatic heterocycles. The SMILES string of the molecule is C.C.C=C(C)C(C)Cc1ccccc1.CC. The van der Waals surface area contributed by atoms with Gasteiger partial charge in [0.1, 0.15) is 0 Å². The first-order chi connectivity index (χ1) is 6.70. The third-order valence-corrected chi connectivity index (χ3v) is 2.23. The van der Waals surface area contributed by atoms with Crippen LogP contribution >= 0.6 is 0 Å². The Morgan fingerprint density at radius 1 is 1.12 bits per heavy atom. The van der Waals surface area contributed by atoms with E-state index in [0.717, 1.165) is 6.42 Å². The third-order valence-electron chi connectivity index (χ3n) is 2.23. The summed E-state index contributed by atoms with van der Waals surface area (Å²) in [7, 11) is 0. The molecule has 0 bridgehead atoms. The Morgan fingerprint density at radius 2 is 1.56 bits per heavy atom. The summed E-state index contributed by atoms with van der Waals surface area (Å²) in [4.78, 5) is 0. The molecule has 0 N–H and O–H groups in total. The summed E-state index contributed by atoms with van der Waals surface area (Å²) in [5.74, 6) is 0.590. The Morgan fingerprint density at radius 3 is 1.94 bits per heavy atom. The van der Waals surface area contributed by atoms with Crippen LogP contribution in [0.3, 0.4) is 0 Å². The fourth-order valence-corrected chi connectivity index (χ4v) is 1.14. The maximum absolute atomic E-state index is 3.95. The fraction of sp³-hybridized carbons (Fsp3) is 0.500. The first-order valence-corrected chi connectivity index (χ1v) is 5.39. The Hall–Kier alpha value is -1.04. The van der Waals surface area contributed by atoms with Gasteiger partial charge in [-0.05, 0) is 24.8 Å². The van der Waals surface area contributed by atoms with E-state index in [9.17, 15) is 0 Å². The molecule has 1 aromatic rings. The molecule has 0 aliphatic carbocycles. The highest BCUT2D eigenvalue weighted by molar-refractivity contribution is 5.16. The molecular formula is C16H30. The van der Waals surface area contributed by atoms with E-state index in [1.807, 2.05) is 13.8 Å². The van der Waals surface area contributed by atoms with Crippen LogP contribution in [0.25, 0.3) is 0 Å². The van der Waals surface area contributed by atoms with Crippen LogP contribution in [0, 0.1) is 5.92 Å². The van der Waals surface area contributed by atoms with Crippen molar-refractivity contribution in [3.63, 3.8) is 0 Å². The van der Waals surface area contributed by atoms with Crippen molar-refractivity contribution in [3.8, 4) is 0 Å². The van der Waals surface area contributed by atoms with Crippen LogP contribution in [0.15, 0.2) is 42.5 Å². The molecule has 0 radical (unpaired) electrons. The molecule has 0 heterocycles. The Balaban J connectivity index is -0.000000399. The van der Waals surface area contributed by atoms with Crippen molar-refractivity contribution in [1.82, 2.24) is 0 Å². The number of rotatable bonds is 3. The summed E-state index contributed by atoms with van der Waals surface area (Å²) in [5.41, 5.74) is 2.66. The van der Waals surface area contributed by atoms with Gasteiger partial charge in [0, 0.05) is 0 Å². The molecule has 94 valence electrons. The van der Waals surface area contributed by atoms with Crippen LogP contribution in [0.1, 0.15) is 48.1 Å². The molecule has 0 saturated heterocycles. The van der Waals surface area contributed by atoms with Gasteiger partial charge in [-0.15, -0.1) is 0 Å². The Bertz CT molecular complexity index is 246. The highest BCUT2D eigenvalue weighted by Crippen LogP contribution is 2.13. The lowest BCUT2D eigenvalue weighted by Gasteiger charge is -2.10. The zero-order chi connectivity index (χ0) is 11.0. The summed E-state index contributed by atoms with van der Waals surface area (Å²) in [6.45, 7) is 12.3. The number of benzene rings is 1. The zero-order valence-electron chi connectivity index (χ0n) is 9.88. The smallest absolute Gasteiger partial charge is 0.0197 e. The van der Waals surface area contributed by atoms with E-state index in [2.05, 4.69) is 50.8 Å². The number of allylic oxidation sites excluding steroid dienone is 1. The average Bonchev–Trinajstić information content (AvgIpc) is 2.22. The first-order valence-electron chi connectivity index (χ1n) is 5.39. The second-order valence-electron chi connectivity index (χ2n) is 3.44. The minimum absolute atomic E-state index is 0. The van der Waals surface area contributed by atoms with Crippen LogP contribution in [0.5, 0.6) is 0 Å². The number of hydrogen-bond donors (Lipinski definition) is 0. The van der Waals surface area contributed by atoms with E-state index in [1.54, 1.807) is 0 Å². The average molecular weight is 222 g/mol. The van der Waals surface area contributed by atoms with Crippen molar-refractivity contribution in [3.05, 3.63) is 48.0 Å². The van der Waals surface area contributed by atoms with Gasteiger partial charge in [-0.3, -0.25) is 0 Å². The number of hydrogen-bond acceptors (Lipinski definition) is 0. The normalized spacial score (nSPS) is 9.75. The predicted molar refractivity (Wildman–Crippen MR) is 78.9 cm³/mol. The molecule has 16 heavy (non-hydrogen) atoms. The molecule has 0 heteroatoms. The molecule has 0 nitrogen and oxygen atoms in total. The molecule has 0 aliphatic rings. The van der Waals surface area contributed by atoms with Crippen molar-refractivity contribution in [1.29, 1.82) is 0 Å². The topological polar surface area (TPSA) is 0 Å². The van der Waals surface area contributed by atoms with E-state index in [0.29, 0.717) is 5.92 Å². The zero-order valence-corrected chi connectivity index (χ0v) is 9.88. The lowest BCUT2D eigenvalue weighted by molar-refractivity contribution is 0.680. The molecule has 0 aromatic heterocycles. The minimum atomic E-state index is 0. The maximum atomic E-state index is 3.95. The predicted octanol–water partition coefficient (Wildman–Crippen LogP) is 5.74. The van der Waals surface area contributed by atoms with Gasteiger partial charge in [0.15, 0.2) is 0 Å². The Kier molecular flexibility index (Phi) is 15.3. The van der Waals surface area contributed by atoms with Crippen molar-refractivity contribution < 1.29 is 0 Å². The van der Waals surface area contributed by atoms with Gasteiger partial charge in [-0.25, -0.2) is 0 Å². The second kappa shape index (κ2) is 12.0. The quantitative estimate of drug-likeness (QED) is 0.572. The summed E-state index contributed by atoms with van der Waals surface area (Å²) in [6.07, 6.45) is 1.11. The lowest BCUT2D eigenvalue weighted by Crippen LogP contribution is -1.99. The summed E-state index contributed by atoms with van der Waals surface area (Å²) >= 11 is 0. The van der Waals surface area contributed by atoms with Crippen LogP contribution in [0.4, 0.5) is 0 Å². The molecule has 0 fully saturated rings. The van der Waals surface area contributed by atoms with Crippen LogP contribution in [-0.4, -0.2) is 0 Å². The maximum Gasteiger partial charge on any atom is -0.0197 e. The van der Waals surface area contributed by atoms with Gasteiger partial charge in [-0.1, -0.05) is 78.1 Å². The van der Waals surface area contributed by atoms with Gasteiger partial charge in [-0.2, -0.15) is 0 Å². The van der Waals surface area contributed by atoms with E-state index in [4.69, 9.17) is 0 Å². The Labute approximate surface area is 103 Å². The van der Waals surface area contributed by atoms with Crippen LogP contribution < -0.4 is 0 Å². The van der Waals surface area contributed by atoms with Gasteiger partial charge in [0.2, 0.25) is 0 Å². The van der Waals surface area contributed by atoms with Gasteiger partial charge < -0.3 is 0 Å². The van der Waals surface area contributed by atoms with Gasteiger partial charge in [0.25, 0.3) is 0 Å². The molecule has 0 spiro atoms. The van der Waals surface area contributed by atoms with Crippen LogP contribution in [-0.2, 0) is 6.42 Å². The van der Waals surface area contributed by atoms with Crippen LogP contribution in [0.2, 0.25) is 0 Å². The highest BCUT2D eigenvalue weighted by atomic mass is 14.1. The van der Waals surface area contributed by atoms with E-state index in [-0.39, 0.29) is 14.9 Å². The molecule has 0 saturated carbocycles. The summed E-state index contributed by atoms with van der Waals surface area (Å²) in [5, 5.41) is 0. The summed E-state index contributed by atoms with van der Waals surface area (Å²) in [6, 6.07) is 10.6. The van der Waals surface area contributed by atoms with Crippen molar-refractivity contribution in [2.75, 3.05) is 0 Å². The minimum Gasteiger partial charge on any atom is -0.0999 e. The van der Waals surface area contributed by atoms with Gasteiger partial charge >= 0.3 is 0 Å². The fourth-order valence-electron chi connectivity index (χ4n) is 1.14. The molecule has 1 rings (SSSR count). The largest absolute Gasteiger partial charge is 0.0999 e. The van der Waals surface area contributed by atoms with E-state index >= 15 is 0 Å². The second-order valence-corrected chi connectivity index (χ2v) is 3.44. The molecular weight excluding hydrogens is 192 g/mol. The molecule has 1 atom stereocenters. The lowest BCUT2D eigenvalue weighted by atomic mass is 9.96. The highest BCUT2D eigenvalue weighted by Gasteiger charge is 2.02. The molecule has 0 amide bonds. The van der Waals surface area contributed by atoms with Gasteiger partial charge in [0.05, 0.1) is 0 Å². The van der Waals surface area contributed by atoms with E-state index < -0.39 is 0 Å². The van der Waals surface area contributed by atoms with Crippen molar-refractivity contribution >= 4 is 0 Å². The standard InChI is InChI=1S/C12H16.C2H6.2CH4/c1-10(2)11(3)9-12-7-5-4-6-8-12;1-2;;/h4-8,11H,1,9H2,2-3H3;1-2H3;2*1H4. The van der Waals surface area contributed by atoms with E-state index in [1.165, 1.54) is 11.1 Å². The van der Waals surface area contributed by atoms with Crippen molar-refractivity contribution in [2.24, 2.45) is 5.92 Å². The van der Waals surface area contributed by atoms with Crippen molar-refractivity contribution in [2.45, 2.75) is 49.0 Å². The molecule has 1 unspecified atom stereocenters.